The van der Waals surface area contributed by atoms with E-state index >= 15 is 0 Å². The molecule has 4 heteroatoms. The van der Waals surface area contributed by atoms with Crippen molar-refractivity contribution >= 4 is 5.91 Å². The van der Waals surface area contributed by atoms with Crippen LogP contribution in [-0.4, -0.2) is 28.8 Å². The number of benzene rings is 1. The Morgan fingerprint density at radius 3 is 2.65 bits per heavy atom. The second-order valence-corrected chi connectivity index (χ2v) is 4.39. The molecule has 0 fully saturated rings. The monoisotopic (exact) mass is 237 g/mol. The smallest absolute Gasteiger partial charge is 0.255 e. The fourth-order valence-electron chi connectivity index (χ4n) is 1.43. The average molecular weight is 237 g/mol. The summed E-state index contributed by atoms with van der Waals surface area (Å²) in [5, 5.41) is 21.5. The lowest BCUT2D eigenvalue weighted by atomic mass is 10.0. The Hall–Kier alpha value is -1.55. The number of hydrogen-bond acceptors (Lipinski definition) is 3. The molecule has 0 heterocycles. The summed E-state index contributed by atoms with van der Waals surface area (Å²) in [7, 11) is 0. The van der Waals surface area contributed by atoms with Gasteiger partial charge in [-0.05, 0) is 31.4 Å². The minimum absolute atomic E-state index is 0.00820. The molecule has 4 nitrogen and oxygen atoms in total. The van der Waals surface area contributed by atoms with Crippen LogP contribution in [0.15, 0.2) is 18.2 Å². The fraction of sp³-hybridized carbons (Fsp3) is 0.462. The highest BCUT2D eigenvalue weighted by Crippen LogP contribution is 2.21. The van der Waals surface area contributed by atoms with Crippen molar-refractivity contribution in [2.24, 2.45) is 5.92 Å². The first-order valence-electron chi connectivity index (χ1n) is 5.67. The maximum Gasteiger partial charge on any atom is 0.255 e. The van der Waals surface area contributed by atoms with E-state index in [0.29, 0.717) is 5.56 Å². The highest BCUT2D eigenvalue weighted by atomic mass is 16.3. The van der Waals surface area contributed by atoms with Crippen molar-refractivity contribution < 1.29 is 15.0 Å². The number of aliphatic hydroxyl groups excluding tert-OH is 1. The van der Waals surface area contributed by atoms with Gasteiger partial charge in [-0.3, -0.25) is 4.79 Å². The Labute approximate surface area is 101 Å². The highest BCUT2D eigenvalue weighted by molar-refractivity contribution is 5.97. The van der Waals surface area contributed by atoms with Crippen LogP contribution in [0.5, 0.6) is 5.75 Å². The van der Waals surface area contributed by atoms with Gasteiger partial charge in [-0.2, -0.15) is 0 Å². The Kier molecular flexibility index (Phi) is 4.52. The van der Waals surface area contributed by atoms with Crippen molar-refractivity contribution in [2.45, 2.75) is 26.8 Å². The molecule has 17 heavy (non-hydrogen) atoms. The van der Waals surface area contributed by atoms with Crippen LogP contribution in [0.1, 0.15) is 29.8 Å². The molecule has 0 aliphatic carbocycles. The summed E-state index contributed by atoms with van der Waals surface area (Å²) in [5.74, 6) is -0.334. The Balaban J connectivity index is 2.80. The zero-order valence-corrected chi connectivity index (χ0v) is 10.4. The topological polar surface area (TPSA) is 69.6 Å². The molecule has 0 spiro atoms. The molecule has 94 valence electrons. The summed E-state index contributed by atoms with van der Waals surface area (Å²) < 4.78 is 0. The second-order valence-electron chi connectivity index (χ2n) is 4.39. The van der Waals surface area contributed by atoms with Crippen LogP contribution in [0.4, 0.5) is 0 Å². The van der Waals surface area contributed by atoms with Crippen molar-refractivity contribution in [1.29, 1.82) is 0 Å². The molecule has 2 atom stereocenters. The third-order valence-corrected chi connectivity index (χ3v) is 2.98. The van der Waals surface area contributed by atoms with E-state index in [1.165, 1.54) is 0 Å². The number of amides is 1. The first-order chi connectivity index (χ1) is 7.97. The van der Waals surface area contributed by atoms with Crippen LogP contribution < -0.4 is 5.32 Å². The Morgan fingerprint density at radius 1 is 1.41 bits per heavy atom. The van der Waals surface area contributed by atoms with Gasteiger partial charge in [0.2, 0.25) is 0 Å². The molecule has 1 aromatic rings. The van der Waals surface area contributed by atoms with Gasteiger partial charge in [-0.1, -0.05) is 19.1 Å². The minimum Gasteiger partial charge on any atom is -0.507 e. The summed E-state index contributed by atoms with van der Waals surface area (Å²) in [5.41, 5.74) is 0.933. The van der Waals surface area contributed by atoms with Gasteiger partial charge in [0, 0.05) is 12.6 Å². The normalized spacial score (nSPS) is 14.1. The number of carbonyl (C=O) groups is 1. The molecule has 0 aliphatic rings. The number of carbonyl (C=O) groups excluding carboxylic acids is 1. The van der Waals surface area contributed by atoms with E-state index in [9.17, 15) is 9.90 Å². The van der Waals surface area contributed by atoms with Crippen LogP contribution in [0, 0.1) is 12.8 Å². The number of rotatable bonds is 4. The molecule has 3 N–H and O–H groups in total. The average Bonchev–Trinajstić information content (AvgIpc) is 2.31. The molecule has 1 amide bonds. The van der Waals surface area contributed by atoms with E-state index in [4.69, 9.17) is 5.11 Å². The molecule has 1 rings (SSSR count). The Bertz CT molecular complexity index is 404. The maximum absolute atomic E-state index is 11.9. The van der Waals surface area contributed by atoms with Crippen LogP contribution in [0.25, 0.3) is 0 Å². The van der Waals surface area contributed by atoms with E-state index in [1.54, 1.807) is 25.1 Å². The SMILES string of the molecule is Cc1cccc(C(=O)NC(C)C(C)CO)c1O. The zero-order valence-electron chi connectivity index (χ0n) is 10.4. The lowest BCUT2D eigenvalue weighted by molar-refractivity contribution is 0.0913. The van der Waals surface area contributed by atoms with Crippen LogP contribution in [-0.2, 0) is 0 Å². The van der Waals surface area contributed by atoms with E-state index in [2.05, 4.69) is 5.32 Å². The number of nitrogens with one attached hydrogen (secondary N) is 1. The molecule has 0 aromatic heterocycles. The lowest BCUT2D eigenvalue weighted by Gasteiger charge is -2.19. The van der Waals surface area contributed by atoms with Crippen molar-refractivity contribution in [2.75, 3.05) is 6.61 Å². The number of phenols is 1. The number of hydrogen-bond donors (Lipinski definition) is 3. The van der Waals surface area contributed by atoms with Gasteiger partial charge in [0.15, 0.2) is 0 Å². The molecule has 2 unspecified atom stereocenters. The van der Waals surface area contributed by atoms with Gasteiger partial charge in [-0.15, -0.1) is 0 Å². The van der Waals surface area contributed by atoms with Crippen LogP contribution >= 0.6 is 0 Å². The number of aromatic hydroxyl groups is 1. The molecule has 0 saturated carbocycles. The summed E-state index contributed by atoms with van der Waals surface area (Å²) >= 11 is 0. The third-order valence-electron chi connectivity index (χ3n) is 2.98. The molecule has 0 radical (unpaired) electrons. The summed E-state index contributed by atoms with van der Waals surface area (Å²) in [4.78, 5) is 11.9. The maximum atomic E-state index is 11.9. The van der Waals surface area contributed by atoms with Crippen molar-refractivity contribution in [3.63, 3.8) is 0 Å². The largest absolute Gasteiger partial charge is 0.507 e. The van der Waals surface area contributed by atoms with E-state index < -0.39 is 0 Å². The van der Waals surface area contributed by atoms with Gasteiger partial charge >= 0.3 is 0 Å². The zero-order chi connectivity index (χ0) is 13.0. The number of phenolic OH excluding ortho intramolecular Hbond substituents is 1. The van der Waals surface area contributed by atoms with Crippen molar-refractivity contribution in [3.8, 4) is 5.75 Å². The van der Waals surface area contributed by atoms with Gasteiger partial charge in [0.05, 0.1) is 5.56 Å². The van der Waals surface area contributed by atoms with Gasteiger partial charge in [0.25, 0.3) is 5.91 Å². The first-order valence-corrected chi connectivity index (χ1v) is 5.67. The predicted molar refractivity (Wildman–Crippen MR) is 66.0 cm³/mol. The second kappa shape index (κ2) is 5.68. The molecular weight excluding hydrogens is 218 g/mol. The first kappa shape index (κ1) is 13.5. The number of aryl methyl sites for hydroxylation is 1. The van der Waals surface area contributed by atoms with Gasteiger partial charge in [-0.25, -0.2) is 0 Å². The van der Waals surface area contributed by atoms with E-state index in [1.807, 2.05) is 13.8 Å². The molecular formula is C13H19NO3. The standard InChI is InChI=1S/C13H19NO3/c1-8-5-4-6-11(12(8)16)13(17)14-10(3)9(2)7-15/h4-6,9-10,15-16H,7H2,1-3H3,(H,14,17). The predicted octanol–water partition coefficient (Wildman–Crippen LogP) is 1.45. The summed E-state index contributed by atoms with van der Waals surface area (Å²) in [6.45, 7) is 5.43. The van der Waals surface area contributed by atoms with E-state index in [-0.39, 0.29) is 35.8 Å². The summed E-state index contributed by atoms with van der Waals surface area (Å²) in [6.07, 6.45) is 0. The number of para-hydroxylation sites is 1. The minimum atomic E-state index is -0.320. The fourth-order valence-corrected chi connectivity index (χ4v) is 1.43. The molecule has 0 saturated heterocycles. The van der Waals surface area contributed by atoms with Crippen LogP contribution in [0.3, 0.4) is 0 Å². The van der Waals surface area contributed by atoms with Gasteiger partial charge in [0.1, 0.15) is 5.75 Å². The Morgan fingerprint density at radius 2 is 2.06 bits per heavy atom. The van der Waals surface area contributed by atoms with Crippen molar-refractivity contribution in [1.82, 2.24) is 5.32 Å². The van der Waals surface area contributed by atoms with Crippen molar-refractivity contribution in [3.05, 3.63) is 29.3 Å². The summed E-state index contributed by atoms with van der Waals surface area (Å²) in [6, 6.07) is 4.90. The molecule has 1 aromatic carbocycles. The van der Waals surface area contributed by atoms with E-state index in [0.717, 1.165) is 0 Å². The van der Waals surface area contributed by atoms with Gasteiger partial charge < -0.3 is 15.5 Å². The lowest BCUT2D eigenvalue weighted by Crippen LogP contribution is -2.38. The van der Waals surface area contributed by atoms with Crippen LogP contribution in [0.2, 0.25) is 0 Å². The third kappa shape index (κ3) is 3.20. The number of aliphatic hydroxyl groups is 1. The quantitative estimate of drug-likeness (QED) is 0.742. The molecule has 0 aliphatic heterocycles. The highest BCUT2D eigenvalue weighted by Gasteiger charge is 2.17. The molecule has 0 bridgehead atoms.